The van der Waals surface area contributed by atoms with Crippen LogP contribution in [0.4, 0.5) is 0 Å². The first-order chi connectivity index (χ1) is 9.28. The molecule has 2 heterocycles. The van der Waals surface area contributed by atoms with Gasteiger partial charge < -0.3 is 9.88 Å². The third-order valence-corrected chi connectivity index (χ3v) is 4.08. The number of benzene rings is 1. The molecule has 98 valence electrons. The molecule has 5 heteroatoms. The van der Waals surface area contributed by atoms with E-state index in [1.54, 1.807) is 11.3 Å². The van der Waals surface area contributed by atoms with Crippen LogP contribution in [-0.4, -0.2) is 16.6 Å². The minimum atomic E-state index is 0.766. The molecule has 0 aliphatic carbocycles. The number of nitrogens with zero attached hydrogens (tertiary/aromatic N) is 2. The molecule has 0 amide bonds. The van der Waals surface area contributed by atoms with Gasteiger partial charge in [0.05, 0.1) is 12.1 Å². The average molecular weight is 292 g/mol. The molecule has 0 aliphatic rings. The molecule has 1 aromatic carbocycles. The Morgan fingerprint density at radius 3 is 3.05 bits per heavy atom. The highest BCUT2D eigenvalue weighted by Gasteiger charge is 2.09. The van der Waals surface area contributed by atoms with E-state index in [4.69, 9.17) is 11.6 Å². The summed E-state index contributed by atoms with van der Waals surface area (Å²) in [4.78, 5) is 4.35. The van der Waals surface area contributed by atoms with Crippen molar-refractivity contribution in [2.45, 2.75) is 13.1 Å². The SMILES string of the molecule is CNCc1cn(Cc2nccs2)c2cc(Cl)ccc12. The van der Waals surface area contributed by atoms with E-state index in [2.05, 4.69) is 27.1 Å². The predicted molar refractivity (Wildman–Crippen MR) is 80.9 cm³/mol. The van der Waals surface area contributed by atoms with Crippen LogP contribution in [0.2, 0.25) is 5.02 Å². The number of fused-ring (bicyclic) bond motifs is 1. The standard InChI is InChI=1S/C14H14ClN3S/c1-16-7-10-8-18(9-14-17-4-5-19-14)13-6-11(15)2-3-12(10)13/h2-6,8,16H,7,9H2,1H3. The maximum Gasteiger partial charge on any atom is 0.112 e. The second-order valence-corrected chi connectivity index (χ2v) is 5.82. The molecule has 0 saturated heterocycles. The van der Waals surface area contributed by atoms with Crippen molar-refractivity contribution < 1.29 is 0 Å². The average Bonchev–Trinajstić information content (AvgIpc) is 3.00. The van der Waals surface area contributed by atoms with Gasteiger partial charge in [0.1, 0.15) is 5.01 Å². The molecule has 1 N–H and O–H groups in total. The summed E-state index contributed by atoms with van der Waals surface area (Å²) in [6.45, 7) is 1.64. The molecule has 0 unspecified atom stereocenters. The quantitative estimate of drug-likeness (QED) is 0.797. The Kier molecular flexibility index (Phi) is 3.55. The minimum Gasteiger partial charge on any atom is -0.340 e. The highest BCUT2D eigenvalue weighted by atomic mass is 35.5. The van der Waals surface area contributed by atoms with Crippen LogP contribution in [0.15, 0.2) is 36.0 Å². The molecule has 2 aromatic heterocycles. The van der Waals surface area contributed by atoms with Gasteiger partial charge in [0.25, 0.3) is 0 Å². The lowest BCUT2D eigenvalue weighted by molar-refractivity contribution is 0.792. The van der Waals surface area contributed by atoms with Gasteiger partial charge in [-0.1, -0.05) is 17.7 Å². The van der Waals surface area contributed by atoms with E-state index in [-0.39, 0.29) is 0 Å². The third kappa shape index (κ3) is 2.52. The lowest BCUT2D eigenvalue weighted by Gasteiger charge is -2.02. The zero-order valence-corrected chi connectivity index (χ0v) is 12.1. The second-order valence-electron chi connectivity index (χ2n) is 4.40. The maximum atomic E-state index is 6.12. The summed E-state index contributed by atoms with van der Waals surface area (Å²) < 4.78 is 2.22. The van der Waals surface area contributed by atoms with Crippen molar-refractivity contribution in [3.63, 3.8) is 0 Å². The minimum absolute atomic E-state index is 0.766. The highest BCUT2D eigenvalue weighted by Crippen LogP contribution is 2.26. The summed E-state index contributed by atoms with van der Waals surface area (Å²) in [5.41, 5.74) is 2.44. The number of thiazole rings is 1. The van der Waals surface area contributed by atoms with Crippen molar-refractivity contribution in [3.8, 4) is 0 Å². The van der Waals surface area contributed by atoms with Gasteiger partial charge in [-0.25, -0.2) is 4.98 Å². The van der Waals surface area contributed by atoms with Crippen LogP contribution in [0.25, 0.3) is 10.9 Å². The van der Waals surface area contributed by atoms with E-state index in [1.165, 1.54) is 10.9 Å². The Hall–Kier alpha value is -1.36. The molecular formula is C14H14ClN3S. The van der Waals surface area contributed by atoms with Crippen LogP contribution in [0.3, 0.4) is 0 Å². The van der Waals surface area contributed by atoms with Gasteiger partial charge in [-0.2, -0.15) is 0 Å². The van der Waals surface area contributed by atoms with Crippen LogP contribution in [0.5, 0.6) is 0 Å². The molecule has 0 saturated carbocycles. The molecule has 0 aliphatic heterocycles. The molecule has 19 heavy (non-hydrogen) atoms. The first-order valence-electron chi connectivity index (χ1n) is 6.08. The van der Waals surface area contributed by atoms with Gasteiger partial charge in [-0.15, -0.1) is 11.3 Å². The van der Waals surface area contributed by atoms with Crippen molar-refractivity contribution in [2.75, 3.05) is 7.05 Å². The Bertz CT molecular complexity index is 688. The summed E-state index contributed by atoms with van der Waals surface area (Å²) >= 11 is 7.79. The van der Waals surface area contributed by atoms with E-state index in [9.17, 15) is 0 Å². The fourth-order valence-corrected chi connectivity index (χ4v) is 3.06. The monoisotopic (exact) mass is 291 g/mol. The molecule has 3 rings (SSSR count). The smallest absolute Gasteiger partial charge is 0.112 e. The Morgan fingerprint density at radius 1 is 1.42 bits per heavy atom. The van der Waals surface area contributed by atoms with E-state index < -0.39 is 0 Å². The molecule has 0 bridgehead atoms. The second kappa shape index (κ2) is 5.33. The maximum absolute atomic E-state index is 6.12. The normalized spacial score (nSPS) is 11.3. The fraction of sp³-hybridized carbons (Fsp3) is 0.214. The lowest BCUT2D eigenvalue weighted by atomic mass is 10.2. The largest absolute Gasteiger partial charge is 0.340 e. The third-order valence-electron chi connectivity index (χ3n) is 3.08. The van der Waals surface area contributed by atoms with Gasteiger partial charge in [-0.3, -0.25) is 0 Å². The van der Waals surface area contributed by atoms with Gasteiger partial charge in [0.2, 0.25) is 0 Å². The Morgan fingerprint density at radius 2 is 2.32 bits per heavy atom. The lowest BCUT2D eigenvalue weighted by Crippen LogP contribution is -2.04. The number of hydrogen-bond donors (Lipinski definition) is 1. The first kappa shape index (κ1) is 12.7. The van der Waals surface area contributed by atoms with Gasteiger partial charge >= 0.3 is 0 Å². The number of nitrogens with one attached hydrogen (secondary N) is 1. The van der Waals surface area contributed by atoms with Crippen LogP contribution in [0, 0.1) is 0 Å². The zero-order valence-electron chi connectivity index (χ0n) is 10.6. The Balaban J connectivity index is 2.09. The summed E-state index contributed by atoms with van der Waals surface area (Å²) in [5.74, 6) is 0. The summed E-state index contributed by atoms with van der Waals surface area (Å²) in [5, 5.41) is 8.32. The van der Waals surface area contributed by atoms with Crippen LogP contribution >= 0.6 is 22.9 Å². The molecule has 0 fully saturated rings. The summed E-state index contributed by atoms with van der Waals surface area (Å²) in [6, 6.07) is 6.04. The van der Waals surface area contributed by atoms with Gasteiger partial charge in [0.15, 0.2) is 0 Å². The predicted octanol–water partition coefficient (Wildman–Crippen LogP) is 3.52. The van der Waals surface area contributed by atoms with Crippen molar-refractivity contribution in [2.24, 2.45) is 0 Å². The highest BCUT2D eigenvalue weighted by molar-refractivity contribution is 7.09. The number of halogens is 1. The van der Waals surface area contributed by atoms with Crippen molar-refractivity contribution >= 4 is 33.8 Å². The first-order valence-corrected chi connectivity index (χ1v) is 7.34. The molecule has 0 spiro atoms. The topological polar surface area (TPSA) is 29.9 Å². The van der Waals surface area contributed by atoms with Crippen molar-refractivity contribution in [3.05, 3.63) is 51.6 Å². The van der Waals surface area contributed by atoms with E-state index in [0.29, 0.717) is 0 Å². The van der Waals surface area contributed by atoms with Crippen molar-refractivity contribution in [1.82, 2.24) is 14.9 Å². The van der Waals surface area contributed by atoms with Crippen molar-refractivity contribution in [1.29, 1.82) is 0 Å². The Labute approximate surface area is 120 Å². The fourth-order valence-electron chi connectivity index (χ4n) is 2.28. The van der Waals surface area contributed by atoms with Crippen LogP contribution in [-0.2, 0) is 13.1 Å². The van der Waals surface area contributed by atoms with Crippen LogP contribution in [0.1, 0.15) is 10.6 Å². The molecule has 3 nitrogen and oxygen atoms in total. The van der Waals surface area contributed by atoms with Crippen LogP contribution < -0.4 is 5.32 Å². The molecular weight excluding hydrogens is 278 g/mol. The van der Waals surface area contributed by atoms with Gasteiger partial charge in [-0.05, 0) is 24.7 Å². The molecule has 0 atom stereocenters. The number of hydrogen-bond acceptors (Lipinski definition) is 3. The number of rotatable bonds is 4. The summed E-state index contributed by atoms with van der Waals surface area (Å²) in [6.07, 6.45) is 4.02. The summed E-state index contributed by atoms with van der Waals surface area (Å²) in [7, 11) is 1.96. The van der Waals surface area contributed by atoms with E-state index >= 15 is 0 Å². The molecule has 0 radical (unpaired) electrons. The molecule has 3 aromatic rings. The van der Waals surface area contributed by atoms with E-state index in [1.807, 2.05) is 30.8 Å². The number of aromatic nitrogens is 2. The van der Waals surface area contributed by atoms with E-state index in [0.717, 1.165) is 28.6 Å². The van der Waals surface area contributed by atoms with Gasteiger partial charge in [0, 0.05) is 34.7 Å². The zero-order chi connectivity index (χ0) is 13.2.